The molecule has 1 fully saturated rings. The number of carbonyl (C=O) groups is 1. The summed E-state index contributed by atoms with van der Waals surface area (Å²) in [7, 11) is 0. The molecule has 1 aliphatic rings. The molecule has 0 saturated carbocycles. The molecule has 3 N–H and O–H groups in total. The Kier molecular flexibility index (Phi) is 7.58. The molecule has 1 aliphatic heterocycles. The Hall–Kier alpha value is -2.86. The number of H-pyrrole nitrogens is 1. The van der Waals surface area contributed by atoms with E-state index in [1.54, 1.807) is 0 Å². The van der Waals surface area contributed by atoms with E-state index in [1.165, 1.54) is 13.1 Å². The van der Waals surface area contributed by atoms with E-state index in [2.05, 4.69) is 15.0 Å². The molecule has 0 spiro atoms. The zero-order valence-electron chi connectivity index (χ0n) is 15.1. The number of aromatic nitrogens is 2. The molecule has 1 aromatic rings. The number of aliphatic hydroxyl groups is 2. The molecule has 1 saturated heterocycles. The van der Waals surface area contributed by atoms with E-state index in [4.69, 9.17) is 24.8 Å². The molecule has 28 heavy (non-hydrogen) atoms. The van der Waals surface area contributed by atoms with Gasteiger partial charge >= 0.3 is 11.8 Å². The third-order valence-corrected chi connectivity index (χ3v) is 4.06. The predicted octanol–water partition coefficient (Wildman–Crippen LogP) is 0.0555. The second kappa shape index (κ2) is 9.90. The van der Waals surface area contributed by atoms with Gasteiger partial charge in [-0.3, -0.25) is 14.3 Å². The number of nitrogens with one attached hydrogen (secondary N) is 1. The molecule has 2 rings (SSSR count). The summed E-state index contributed by atoms with van der Waals surface area (Å²) in [6.07, 6.45) is -3.03. The first-order valence-corrected chi connectivity index (χ1v) is 8.51. The van der Waals surface area contributed by atoms with Gasteiger partial charge in [0.1, 0.15) is 12.3 Å². The Morgan fingerprint density at radius 1 is 1.54 bits per heavy atom. The van der Waals surface area contributed by atoms with Crippen molar-refractivity contribution < 1.29 is 29.2 Å². The fraction of sp³-hybridized carbons (Fsp3) is 0.667. The molecule has 0 amide bonds. The number of aliphatic hydroxyl groups excluding tert-OH is 2. The van der Waals surface area contributed by atoms with E-state index < -0.39 is 42.1 Å². The maximum absolute atomic E-state index is 12.0. The van der Waals surface area contributed by atoms with Crippen molar-refractivity contribution in [2.75, 3.05) is 13.2 Å². The van der Waals surface area contributed by atoms with Crippen molar-refractivity contribution in [3.63, 3.8) is 0 Å². The Balaban J connectivity index is 2.08. The number of hydrogen-bond acceptors (Lipinski definition) is 9. The fourth-order valence-electron chi connectivity index (χ4n) is 2.65. The molecule has 2 heterocycles. The Morgan fingerprint density at radius 3 is 2.96 bits per heavy atom. The van der Waals surface area contributed by atoms with Gasteiger partial charge in [-0.1, -0.05) is 5.11 Å². The number of unbranched alkanes of at least 4 members (excludes halogenated alkanes) is 1. The van der Waals surface area contributed by atoms with Crippen LogP contribution >= 0.6 is 0 Å². The Labute approximate surface area is 158 Å². The van der Waals surface area contributed by atoms with Gasteiger partial charge in [-0.05, 0) is 25.3 Å². The van der Waals surface area contributed by atoms with Gasteiger partial charge < -0.3 is 24.4 Å². The first-order valence-electron chi connectivity index (χ1n) is 8.51. The average molecular weight is 399 g/mol. The highest BCUT2D eigenvalue weighted by Gasteiger charge is 2.42. The van der Waals surface area contributed by atoms with Gasteiger partial charge in [-0.2, -0.15) is 0 Å². The molecule has 154 valence electrons. The van der Waals surface area contributed by atoms with Crippen molar-refractivity contribution in [3.05, 3.63) is 43.0 Å². The van der Waals surface area contributed by atoms with E-state index in [0.717, 1.165) is 4.57 Å². The number of carbonyl (C=O) groups excluding carboxylic acids is 1. The van der Waals surface area contributed by atoms with Crippen LogP contribution in [0.2, 0.25) is 0 Å². The Bertz CT molecular complexity index is 846. The Morgan fingerprint density at radius 2 is 2.29 bits per heavy atom. The van der Waals surface area contributed by atoms with Crippen molar-refractivity contribution in [1.82, 2.24) is 9.55 Å². The highest BCUT2D eigenvalue weighted by atomic mass is 16.8. The summed E-state index contributed by atoms with van der Waals surface area (Å²) in [5, 5.41) is 22.3. The van der Waals surface area contributed by atoms with E-state index in [9.17, 15) is 19.5 Å². The van der Waals surface area contributed by atoms with E-state index in [1.807, 2.05) is 0 Å². The number of rotatable bonds is 8. The lowest BCUT2D eigenvalue weighted by Crippen LogP contribution is -2.38. The second-order valence-electron chi connectivity index (χ2n) is 6.08. The van der Waals surface area contributed by atoms with Crippen molar-refractivity contribution in [2.45, 2.75) is 50.8 Å². The number of ether oxygens (including phenoxy) is 3. The minimum absolute atomic E-state index is 0.00604. The van der Waals surface area contributed by atoms with Gasteiger partial charge in [0.15, 0.2) is 0 Å². The monoisotopic (exact) mass is 399 g/mol. The second-order valence-corrected chi connectivity index (χ2v) is 6.08. The van der Waals surface area contributed by atoms with Crippen LogP contribution in [-0.4, -0.2) is 57.6 Å². The average Bonchev–Trinajstić information content (AvgIpc) is 3.06. The van der Waals surface area contributed by atoms with Gasteiger partial charge in [-0.25, -0.2) is 9.59 Å². The summed E-state index contributed by atoms with van der Waals surface area (Å²) >= 11 is 0. The SMILES string of the molecule is Cc1cn([C@H]2CC(N=[N+]=[N-])[C@@H](C(O)OC(=O)OCCCCO)O2)c(=O)[nH]c1=O. The number of nitrogens with zero attached hydrogens (tertiary/aromatic N) is 4. The zero-order valence-corrected chi connectivity index (χ0v) is 15.1. The highest BCUT2D eigenvalue weighted by Crippen LogP contribution is 2.32. The maximum atomic E-state index is 12.0. The van der Waals surface area contributed by atoms with Gasteiger partial charge in [-0.15, -0.1) is 0 Å². The van der Waals surface area contributed by atoms with Crippen LogP contribution in [0.4, 0.5) is 4.79 Å². The predicted molar refractivity (Wildman–Crippen MR) is 92.3 cm³/mol. The lowest BCUT2D eigenvalue weighted by Gasteiger charge is -2.21. The van der Waals surface area contributed by atoms with Crippen LogP contribution in [0.15, 0.2) is 20.9 Å². The van der Waals surface area contributed by atoms with E-state index in [0.29, 0.717) is 12.8 Å². The van der Waals surface area contributed by atoms with Gasteiger partial charge in [0.05, 0.1) is 12.6 Å². The van der Waals surface area contributed by atoms with Crippen LogP contribution < -0.4 is 11.2 Å². The third kappa shape index (κ3) is 5.33. The maximum Gasteiger partial charge on any atom is 0.510 e. The van der Waals surface area contributed by atoms with Crippen molar-refractivity contribution in [3.8, 4) is 0 Å². The zero-order chi connectivity index (χ0) is 20.7. The highest BCUT2D eigenvalue weighted by molar-refractivity contribution is 5.60. The molecule has 0 radical (unpaired) electrons. The molecule has 2 unspecified atom stereocenters. The largest absolute Gasteiger partial charge is 0.510 e. The fourth-order valence-corrected chi connectivity index (χ4v) is 2.65. The van der Waals surface area contributed by atoms with Crippen molar-refractivity contribution in [2.24, 2.45) is 5.11 Å². The molecule has 4 atom stereocenters. The molecule has 0 aliphatic carbocycles. The van der Waals surface area contributed by atoms with Gasteiger partial charge in [0.25, 0.3) is 5.56 Å². The van der Waals surface area contributed by atoms with Gasteiger partial charge in [0.2, 0.25) is 6.29 Å². The number of aromatic amines is 1. The van der Waals surface area contributed by atoms with E-state index in [-0.39, 0.29) is 25.2 Å². The lowest BCUT2D eigenvalue weighted by molar-refractivity contribution is -0.165. The standard InChI is InChI=1S/C15H21N5O8/c1-8-7-20(14(24)17-12(8)22)10-6-9(18-19-16)11(27-10)13(23)28-15(25)26-5-3-2-4-21/h7,9-11,13,21,23H,2-6H2,1H3,(H,17,22,24)/t9?,10-,11+,13?/m1/s1. The van der Waals surface area contributed by atoms with Crippen LogP contribution in [0.3, 0.4) is 0 Å². The topological polar surface area (TPSA) is 189 Å². The van der Waals surface area contributed by atoms with Crippen molar-refractivity contribution >= 4 is 6.16 Å². The quantitative estimate of drug-likeness (QED) is 0.136. The van der Waals surface area contributed by atoms with Crippen LogP contribution in [0.1, 0.15) is 31.1 Å². The number of azide groups is 1. The summed E-state index contributed by atoms with van der Waals surface area (Å²) in [6, 6.07) is -0.939. The summed E-state index contributed by atoms with van der Waals surface area (Å²) < 4.78 is 16.1. The van der Waals surface area contributed by atoms with E-state index >= 15 is 0 Å². The van der Waals surface area contributed by atoms with Crippen LogP contribution in [0, 0.1) is 6.92 Å². The first-order chi connectivity index (χ1) is 13.4. The molecular formula is C15H21N5O8. The minimum atomic E-state index is -1.81. The normalized spacial score (nSPS) is 22.3. The molecule has 0 aromatic carbocycles. The van der Waals surface area contributed by atoms with Crippen molar-refractivity contribution in [1.29, 1.82) is 0 Å². The summed E-state index contributed by atoms with van der Waals surface area (Å²) in [5.74, 6) is 0. The molecule has 0 bridgehead atoms. The van der Waals surface area contributed by atoms with Gasteiger partial charge in [0, 0.05) is 29.7 Å². The molecule has 13 heteroatoms. The van der Waals surface area contributed by atoms with Crippen LogP contribution in [0.25, 0.3) is 10.4 Å². The smallest absolute Gasteiger partial charge is 0.434 e. The lowest BCUT2D eigenvalue weighted by atomic mass is 10.1. The third-order valence-electron chi connectivity index (χ3n) is 4.06. The molecular weight excluding hydrogens is 378 g/mol. The van der Waals surface area contributed by atoms with Crippen LogP contribution in [0.5, 0.6) is 0 Å². The molecule has 1 aromatic heterocycles. The summed E-state index contributed by atoms with van der Waals surface area (Å²) in [5.41, 5.74) is 7.70. The number of aryl methyl sites for hydroxylation is 1. The van der Waals surface area contributed by atoms with Crippen LogP contribution in [-0.2, 0) is 14.2 Å². The summed E-state index contributed by atoms with van der Waals surface area (Å²) in [4.78, 5) is 39.9. The summed E-state index contributed by atoms with van der Waals surface area (Å²) in [6.45, 7) is 1.44. The molecule has 13 nitrogen and oxygen atoms in total. The first kappa shape index (κ1) is 21.4. The number of hydrogen-bond donors (Lipinski definition) is 3. The minimum Gasteiger partial charge on any atom is -0.434 e.